The molecule has 0 bridgehead atoms. The Hall–Kier alpha value is -1.11. The van der Waals surface area contributed by atoms with Gasteiger partial charge in [-0.25, -0.2) is 4.18 Å². The molecule has 0 spiro atoms. The smallest absolute Gasteiger partial charge is 0.362 e. The quantitative estimate of drug-likeness (QED) is 0.851. The largest absolute Gasteiger partial charge is 0.449 e. The summed E-state index contributed by atoms with van der Waals surface area (Å²) >= 11 is 0. The molecule has 1 heterocycles. The SMILES string of the molecule is CN1C(C)(C)CC(OS(=O)(=O)Oc2ccccc2)CC1(C)C. The first kappa shape index (κ1) is 17.2. The number of rotatable bonds is 4. The summed E-state index contributed by atoms with van der Waals surface area (Å²) in [6, 6.07) is 8.40. The molecule has 0 saturated carbocycles. The first-order valence-corrected chi connectivity index (χ1v) is 8.77. The molecule has 0 aliphatic carbocycles. The molecular formula is C16H25NO4S. The first-order chi connectivity index (χ1) is 10.0. The van der Waals surface area contributed by atoms with Crippen LogP contribution in [0.5, 0.6) is 5.75 Å². The van der Waals surface area contributed by atoms with E-state index < -0.39 is 16.5 Å². The van der Waals surface area contributed by atoms with Gasteiger partial charge in [-0.1, -0.05) is 18.2 Å². The molecule has 1 fully saturated rings. The van der Waals surface area contributed by atoms with E-state index in [9.17, 15) is 8.42 Å². The summed E-state index contributed by atoms with van der Waals surface area (Å²) in [7, 11) is -2.01. The number of hydrogen-bond donors (Lipinski definition) is 0. The van der Waals surface area contributed by atoms with E-state index in [0.717, 1.165) is 0 Å². The Kier molecular flexibility index (Phi) is 4.57. The van der Waals surface area contributed by atoms with E-state index in [4.69, 9.17) is 8.37 Å². The predicted octanol–water partition coefficient (Wildman–Crippen LogP) is 2.98. The van der Waals surface area contributed by atoms with Crippen molar-refractivity contribution in [1.29, 1.82) is 0 Å². The van der Waals surface area contributed by atoms with Gasteiger partial charge in [0.1, 0.15) is 5.75 Å². The summed E-state index contributed by atoms with van der Waals surface area (Å²) in [5.41, 5.74) is -0.288. The van der Waals surface area contributed by atoms with Gasteiger partial charge in [-0.05, 0) is 59.7 Å². The lowest BCUT2D eigenvalue weighted by Gasteiger charge is -2.53. The number of hydrogen-bond acceptors (Lipinski definition) is 5. The molecule has 22 heavy (non-hydrogen) atoms. The third kappa shape index (κ3) is 4.00. The summed E-state index contributed by atoms with van der Waals surface area (Å²) in [5.74, 6) is 0.258. The summed E-state index contributed by atoms with van der Waals surface area (Å²) in [6.07, 6.45) is 0.865. The molecule has 0 aromatic heterocycles. The standard InChI is InChI=1S/C16H25NO4S/c1-15(2)11-14(12-16(3,4)17(15)5)21-22(18,19)20-13-9-7-6-8-10-13/h6-10,14H,11-12H2,1-5H3. The molecule has 0 atom stereocenters. The van der Waals surface area contributed by atoms with Crippen LogP contribution < -0.4 is 4.18 Å². The van der Waals surface area contributed by atoms with Crippen molar-refractivity contribution in [2.45, 2.75) is 57.7 Å². The van der Waals surface area contributed by atoms with Gasteiger partial charge in [0, 0.05) is 11.1 Å². The molecule has 1 aliphatic heterocycles. The number of likely N-dealkylation sites (tertiary alicyclic amines) is 1. The average Bonchev–Trinajstić information content (AvgIpc) is 2.35. The van der Waals surface area contributed by atoms with E-state index in [1.165, 1.54) is 0 Å². The second kappa shape index (κ2) is 5.83. The highest BCUT2D eigenvalue weighted by Crippen LogP contribution is 2.38. The highest BCUT2D eigenvalue weighted by atomic mass is 32.3. The third-order valence-electron chi connectivity index (χ3n) is 4.47. The van der Waals surface area contributed by atoms with E-state index in [2.05, 4.69) is 39.6 Å². The maximum absolute atomic E-state index is 12.1. The number of para-hydroxylation sites is 1. The van der Waals surface area contributed by atoms with Crippen LogP contribution in [0.25, 0.3) is 0 Å². The molecule has 0 unspecified atom stereocenters. The molecule has 0 N–H and O–H groups in total. The van der Waals surface area contributed by atoms with E-state index in [1.807, 2.05) is 0 Å². The van der Waals surface area contributed by atoms with Crippen molar-refractivity contribution in [2.75, 3.05) is 7.05 Å². The minimum absolute atomic E-state index is 0.144. The van der Waals surface area contributed by atoms with Gasteiger partial charge in [0.2, 0.25) is 0 Å². The Morgan fingerprint density at radius 2 is 1.55 bits per heavy atom. The van der Waals surface area contributed by atoms with Gasteiger partial charge in [-0.15, -0.1) is 0 Å². The van der Waals surface area contributed by atoms with Crippen molar-refractivity contribution in [3.05, 3.63) is 30.3 Å². The van der Waals surface area contributed by atoms with Crippen LogP contribution in [0.4, 0.5) is 0 Å². The number of piperidine rings is 1. The fourth-order valence-corrected chi connectivity index (χ4v) is 3.98. The van der Waals surface area contributed by atoms with Crippen molar-refractivity contribution in [2.24, 2.45) is 0 Å². The van der Waals surface area contributed by atoms with Crippen molar-refractivity contribution >= 4 is 10.4 Å². The normalized spacial score (nSPS) is 22.4. The van der Waals surface area contributed by atoms with Crippen LogP contribution in [-0.2, 0) is 14.6 Å². The van der Waals surface area contributed by atoms with Crippen molar-refractivity contribution in [3.8, 4) is 5.75 Å². The van der Waals surface area contributed by atoms with Gasteiger partial charge in [-0.3, -0.25) is 4.90 Å². The van der Waals surface area contributed by atoms with Crippen LogP contribution in [0, 0.1) is 0 Å². The summed E-state index contributed by atoms with van der Waals surface area (Å²) < 4.78 is 34.6. The Morgan fingerprint density at radius 1 is 1.05 bits per heavy atom. The highest BCUT2D eigenvalue weighted by Gasteiger charge is 2.45. The monoisotopic (exact) mass is 327 g/mol. The zero-order valence-corrected chi connectivity index (χ0v) is 14.7. The zero-order valence-electron chi connectivity index (χ0n) is 13.9. The molecule has 1 aromatic rings. The van der Waals surface area contributed by atoms with Crippen molar-refractivity contribution < 1.29 is 16.8 Å². The first-order valence-electron chi connectivity index (χ1n) is 7.44. The van der Waals surface area contributed by atoms with Gasteiger partial charge in [0.15, 0.2) is 0 Å². The van der Waals surface area contributed by atoms with Gasteiger partial charge < -0.3 is 4.18 Å². The molecule has 1 saturated heterocycles. The molecule has 6 heteroatoms. The fourth-order valence-electron chi connectivity index (χ4n) is 3.13. The third-order valence-corrected chi connectivity index (χ3v) is 5.37. The molecule has 1 aromatic carbocycles. The minimum Gasteiger partial charge on any atom is -0.362 e. The van der Waals surface area contributed by atoms with Gasteiger partial charge in [-0.2, -0.15) is 8.42 Å². The maximum atomic E-state index is 12.1. The topological polar surface area (TPSA) is 55.8 Å². The van der Waals surface area contributed by atoms with Crippen molar-refractivity contribution in [1.82, 2.24) is 4.90 Å². The maximum Gasteiger partial charge on any atom is 0.449 e. The van der Waals surface area contributed by atoms with E-state index in [-0.39, 0.29) is 16.8 Å². The van der Waals surface area contributed by atoms with Crippen LogP contribution in [-0.4, -0.2) is 37.5 Å². The van der Waals surface area contributed by atoms with E-state index in [1.54, 1.807) is 30.3 Å². The lowest BCUT2D eigenvalue weighted by molar-refractivity contribution is -0.0558. The fraction of sp³-hybridized carbons (Fsp3) is 0.625. The number of benzene rings is 1. The van der Waals surface area contributed by atoms with Gasteiger partial charge in [0.05, 0.1) is 6.10 Å². The summed E-state index contributed by atoms with van der Waals surface area (Å²) in [6.45, 7) is 8.37. The molecule has 2 rings (SSSR count). The second-order valence-electron chi connectivity index (χ2n) is 7.12. The lowest BCUT2D eigenvalue weighted by Crippen LogP contribution is -2.60. The lowest BCUT2D eigenvalue weighted by atomic mass is 9.79. The Balaban J connectivity index is 2.10. The van der Waals surface area contributed by atoms with Crippen LogP contribution >= 0.6 is 0 Å². The molecule has 1 aliphatic rings. The van der Waals surface area contributed by atoms with Crippen LogP contribution in [0.1, 0.15) is 40.5 Å². The Bertz CT molecular complexity index is 592. The second-order valence-corrected chi connectivity index (χ2v) is 8.29. The van der Waals surface area contributed by atoms with Crippen LogP contribution in [0.15, 0.2) is 30.3 Å². The van der Waals surface area contributed by atoms with Crippen molar-refractivity contribution in [3.63, 3.8) is 0 Å². The summed E-state index contributed by atoms with van der Waals surface area (Å²) in [5, 5.41) is 0. The molecule has 124 valence electrons. The molecular weight excluding hydrogens is 302 g/mol. The predicted molar refractivity (Wildman–Crippen MR) is 86.0 cm³/mol. The minimum atomic E-state index is -4.07. The number of nitrogens with zero attached hydrogens (tertiary/aromatic N) is 1. The van der Waals surface area contributed by atoms with E-state index >= 15 is 0 Å². The zero-order chi connectivity index (χ0) is 16.6. The Morgan fingerprint density at radius 3 is 2.05 bits per heavy atom. The van der Waals surface area contributed by atoms with Crippen LogP contribution in [0.3, 0.4) is 0 Å². The summed E-state index contributed by atoms with van der Waals surface area (Å²) in [4.78, 5) is 2.27. The highest BCUT2D eigenvalue weighted by molar-refractivity contribution is 7.82. The van der Waals surface area contributed by atoms with Crippen LogP contribution in [0.2, 0.25) is 0 Å². The molecule has 0 amide bonds. The Labute approximate surface area is 133 Å². The van der Waals surface area contributed by atoms with Gasteiger partial charge in [0.25, 0.3) is 0 Å². The molecule has 5 nitrogen and oxygen atoms in total. The molecule has 0 radical (unpaired) electrons. The average molecular weight is 327 g/mol. The van der Waals surface area contributed by atoms with Gasteiger partial charge >= 0.3 is 10.4 Å². The van der Waals surface area contributed by atoms with E-state index in [0.29, 0.717) is 12.8 Å².